The number of nitrogens with one attached hydrogen (secondary N) is 1. The zero-order chi connectivity index (χ0) is 21.6. The molecule has 0 spiro atoms. The summed E-state index contributed by atoms with van der Waals surface area (Å²) in [6.07, 6.45) is 3.86. The van der Waals surface area contributed by atoms with Crippen molar-refractivity contribution in [2.75, 3.05) is 19.8 Å². The Bertz CT molecular complexity index is 1100. The number of aryl methyl sites for hydroxylation is 2. The van der Waals surface area contributed by atoms with E-state index in [1.807, 2.05) is 12.1 Å². The molecule has 31 heavy (non-hydrogen) atoms. The van der Waals surface area contributed by atoms with Crippen molar-refractivity contribution in [3.8, 4) is 11.5 Å². The van der Waals surface area contributed by atoms with Crippen molar-refractivity contribution >= 4 is 17.7 Å². The summed E-state index contributed by atoms with van der Waals surface area (Å²) in [7, 11) is 0. The molecule has 0 radical (unpaired) electrons. The Morgan fingerprint density at radius 2 is 1.77 bits per heavy atom. The number of ketones is 1. The van der Waals surface area contributed by atoms with Crippen molar-refractivity contribution in [2.24, 2.45) is 0 Å². The molecule has 3 amide bonds. The summed E-state index contributed by atoms with van der Waals surface area (Å²) >= 11 is 0. The predicted octanol–water partition coefficient (Wildman–Crippen LogP) is 2.99. The summed E-state index contributed by atoms with van der Waals surface area (Å²) in [5.41, 5.74) is 2.29. The molecule has 3 aliphatic rings. The minimum atomic E-state index is -1.28. The first-order valence-electron chi connectivity index (χ1n) is 10.6. The number of benzene rings is 2. The zero-order valence-corrected chi connectivity index (χ0v) is 17.4. The first-order valence-corrected chi connectivity index (χ1v) is 10.6. The lowest BCUT2D eigenvalue weighted by molar-refractivity contribution is -0.130. The Hall–Kier alpha value is -3.35. The van der Waals surface area contributed by atoms with Crippen LogP contribution < -0.4 is 14.8 Å². The number of rotatable bonds is 4. The van der Waals surface area contributed by atoms with Crippen LogP contribution in [0.1, 0.15) is 46.8 Å². The van der Waals surface area contributed by atoms with Crippen molar-refractivity contribution in [2.45, 2.75) is 38.1 Å². The quantitative estimate of drug-likeness (QED) is 0.607. The van der Waals surface area contributed by atoms with Gasteiger partial charge < -0.3 is 14.8 Å². The largest absolute Gasteiger partial charge is 0.490 e. The van der Waals surface area contributed by atoms with Crippen LogP contribution in [0.5, 0.6) is 11.5 Å². The molecule has 1 fully saturated rings. The first-order chi connectivity index (χ1) is 15.0. The van der Waals surface area contributed by atoms with Crippen LogP contribution in [0.15, 0.2) is 36.4 Å². The molecule has 2 aromatic rings. The van der Waals surface area contributed by atoms with Gasteiger partial charge in [-0.1, -0.05) is 18.2 Å². The van der Waals surface area contributed by atoms with Gasteiger partial charge in [-0.15, -0.1) is 0 Å². The lowest BCUT2D eigenvalue weighted by Crippen LogP contribution is -2.41. The summed E-state index contributed by atoms with van der Waals surface area (Å²) in [4.78, 5) is 39.8. The summed E-state index contributed by atoms with van der Waals surface area (Å²) in [6.45, 7) is 2.45. The molecule has 2 aliphatic heterocycles. The highest BCUT2D eigenvalue weighted by Crippen LogP contribution is 2.36. The van der Waals surface area contributed by atoms with Gasteiger partial charge in [0.2, 0.25) is 0 Å². The van der Waals surface area contributed by atoms with E-state index in [1.165, 1.54) is 11.1 Å². The van der Waals surface area contributed by atoms with Gasteiger partial charge in [-0.25, -0.2) is 4.79 Å². The number of amides is 3. The molecule has 1 atom stereocenters. The first kappa shape index (κ1) is 19.6. The summed E-state index contributed by atoms with van der Waals surface area (Å²) in [5.74, 6) is 0.457. The van der Waals surface area contributed by atoms with E-state index in [0.29, 0.717) is 35.8 Å². The zero-order valence-electron chi connectivity index (χ0n) is 17.4. The summed E-state index contributed by atoms with van der Waals surface area (Å²) < 4.78 is 11.4. The highest BCUT2D eigenvalue weighted by atomic mass is 16.5. The number of nitrogens with zero attached hydrogens (tertiary/aromatic N) is 1. The Kier molecular flexibility index (Phi) is 4.68. The number of carbonyl (C=O) groups excluding carboxylic acids is 3. The number of imide groups is 1. The second kappa shape index (κ2) is 7.41. The van der Waals surface area contributed by atoms with Crippen molar-refractivity contribution in [1.29, 1.82) is 0 Å². The van der Waals surface area contributed by atoms with Gasteiger partial charge in [-0.05, 0) is 61.1 Å². The summed E-state index contributed by atoms with van der Waals surface area (Å²) in [5, 5.41) is 2.76. The van der Waals surface area contributed by atoms with Crippen LogP contribution in [0.3, 0.4) is 0 Å². The molecular weight excluding hydrogens is 396 g/mol. The van der Waals surface area contributed by atoms with Crippen LogP contribution in [-0.4, -0.2) is 42.4 Å². The minimum absolute atomic E-state index is 0.249. The standard InChI is InChI=1S/C24H24N2O5/c1-24(18-8-9-20-21(13-18)31-11-3-10-30-20)22(28)26(23(29)25-24)14-19(27)17-7-6-15-4-2-5-16(15)12-17/h6-9,12-13H,2-5,10-11,14H2,1H3,(H,25,29). The smallest absolute Gasteiger partial charge is 0.325 e. The molecule has 5 rings (SSSR count). The van der Waals surface area contributed by atoms with Gasteiger partial charge in [-0.2, -0.15) is 0 Å². The van der Waals surface area contributed by atoms with E-state index >= 15 is 0 Å². The topological polar surface area (TPSA) is 84.9 Å². The van der Waals surface area contributed by atoms with Crippen LogP contribution in [0.25, 0.3) is 0 Å². The number of fused-ring (bicyclic) bond motifs is 2. The number of carbonyl (C=O) groups is 3. The van der Waals surface area contributed by atoms with E-state index in [0.717, 1.165) is 30.6 Å². The molecule has 1 unspecified atom stereocenters. The molecular formula is C24H24N2O5. The molecule has 1 N–H and O–H groups in total. The molecule has 0 bridgehead atoms. The fourth-order valence-electron chi connectivity index (χ4n) is 4.49. The van der Waals surface area contributed by atoms with Gasteiger partial charge in [0.15, 0.2) is 17.3 Å². The fraction of sp³-hybridized carbons (Fsp3) is 0.375. The van der Waals surface area contributed by atoms with E-state index in [4.69, 9.17) is 9.47 Å². The van der Waals surface area contributed by atoms with Crippen LogP contribution in [0.2, 0.25) is 0 Å². The SMILES string of the molecule is CC1(c2ccc3c(c2)OCCCO3)NC(=O)N(CC(=O)c2ccc3c(c2)CCC3)C1=O. The molecule has 160 valence electrons. The minimum Gasteiger partial charge on any atom is -0.490 e. The van der Waals surface area contributed by atoms with E-state index in [2.05, 4.69) is 5.32 Å². The molecule has 1 aliphatic carbocycles. The Balaban J connectivity index is 1.38. The van der Waals surface area contributed by atoms with Gasteiger partial charge in [0.05, 0.1) is 19.8 Å². The second-order valence-electron chi connectivity index (χ2n) is 8.42. The van der Waals surface area contributed by atoms with Gasteiger partial charge in [-0.3, -0.25) is 14.5 Å². The van der Waals surface area contributed by atoms with E-state index in [9.17, 15) is 14.4 Å². The van der Waals surface area contributed by atoms with Crippen molar-refractivity contribution < 1.29 is 23.9 Å². The number of hydrogen-bond acceptors (Lipinski definition) is 5. The highest BCUT2D eigenvalue weighted by Gasteiger charge is 2.49. The predicted molar refractivity (Wildman–Crippen MR) is 112 cm³/mol. The normalized spacial score (nSPS) is 22.2. The lowest BCUT2D eigenvalue weighted by Gasteiger charge is -2.23. The lowest BCUT2D eigenvalue weighted by atomic mass is 9.91. The molecule has 0 saturated carbocycles. The number of urea groups is 1. The third kappa shape index (κ3) is 3.34. The van der Waals surface area contributed by atoms with E-state index in [1.54, 1.807) is 31.2 Å². The Labute approximate surface area is 180 Å². The summed E-state index contributed by atoms with van der Waals surface area (Å²) in [6, 6.07) is 10.3. The third-order valence-electron chi connectivity index (χ3n) is 6.32. The third-order valence-corrected chi connectivity index (χ3v) is 6.32. The molecule has 7 heteroatoms. The van der Waals surface area contributed by atoms with Crippen LogP contribution in [0.4, 0.5) is 4.79 Å². The maximum atomic E-state index is 13.2. The number of hydrogen-bond donors (Lipinski definition) is 1. The van der Waals surface area contributed by atoms with Crippen molar-refractivity contribution in [3.63, 3.8) is 0 Å². The number of ether oxygens (including phenoxy) is 2. The van der Waals surface area contributed by atoms with E-state index < -0.39 is 17.5 Å². The van der Waals surface area contributed by atoms with Gasteiger partial charge in [0, 0.05) is 12.0 Å². The van der Waals surface area contributed by atoms with Crippen molar-refractivity contribution in [1.82, 2.24) is 10.2 Å². The molecule has 1 saturated heterocycles. The van der Waals surface area contributed by atoms with Crippen molar-refractivity contribution in [3.05, 3.63) is 58.7 Å². The molecule has 2 heterocycles. The molecule has 0 aromatic heterocycles. The fourth-order valence-corrected chi connectivity index (χ4v) is 4.49. The van der Waals surface area contributed by atoms with Crippen LogP contribution in [0, 0.1) is 0 Å². The highest BCUT2D eigenvalue weighted by molar-refractivity contribution is 6.11. The average molecular weight is 420 g/mol. The van der Waals surface area contributed by atoms with E-state index in [-0.39, 0.29) is 12.3 Å². The maximum Gasteiger partial charge on any atom is 0.325 e. The Morgan fingerprint density at radius 1 is 1.00 bits per heavy atom. The molecule has 7 nitrogen and oxygen atoms in total. The monoisotopic (exact) mass is 420 g/mol. The van der Waals surface area contributed by atoms with Crippen LogP contribution in [-0.2, 0) is 23.2 Å². The molecule has 2 aromatic carbocycles. The van der Waals surface area contributed by atoms with Gasteiger partial charge in [0.25, 0.3) is 5.91 Å². The number of Topliss-reactive ketones (excluding diaryl/α,β-unsaturated/α-hetero) is 1. The second-order valence-corrected chi connectivity index (χ2v) is 8.42. The maximum absolute atomic E-state index is 13.2. The average Bonchev–Trinajstić information content (AvgIpc) is 3.22. The van der Waals surface area contributed by atoms with Crippen LogP contribution >= 0.6 is 0 Å². The Morgan fingerprint density at radius 3 is 2.61 bits per heavy atom. The van der Waals surface area contributed by atoms with Gasteiger partial charge >= 0.3 is 6.03 Å². The van der Waals surface area contributed by atoms with Gasteiger partial charge in [0.1, 0.15) is 5.54 Å².